The standard InChI is InChI=1S/C20H24N2O4S/c1-4-11-5-7-14-16(9-11)27-20(17(14)18(21)23)22-19(24)13-8-6-12(25-2)10-15(13)26-3/h6,8,10-11H,4-5,7,9H2,1-3H3,(H2,21,23)(H,22,24). The number of methoxy groups -OCH3 is 2. The molecule has 1 unspecified atom stereocenters. The summed E-state index contributed by atoms with van der Waals surface area (Å²) >= 11 is 1.46. The highest BCUT2D eigenvalue weighted by atomic mass is 32.1. The number of carbonyl (C=O) groups is 2. The van der Waals surface area contributed by atoms with Gasteiger partial charge in [-0.1, -0.05) is 13.3 Å². The van der Waals surface area contributed by atoms with Gasteiger partial charge in [0.1, 0.15) is 16.5 Å². The predicted molar refractivity (Wildman–Crippen MR) is 106 cm³/mol. The highest BCUT2D eigenvalue weighted by Gasteiger charge is 2.28. The number of nitrogens with one attached hydrogen (secondary N) is 1. The Morgan fingerprint density at radius 1 is 1.30 bits per heavy atom. The summed E-state index contributed by atoms with van der Waals surface area (Å²) in [6.45, 7) is 2.18. The van der Waals surface area contributed by atoms with Crippen molar-refractivity contribution < 1.29 is 19.1 Å². The monoisotopic (exact) mass is 388 g/mol. The number of hydrogen-bond donors (Lipinski definition) is 2. The molecule has 0 radical (unpaired) electrons. The van der Waals surface area contributed by atoms with Crippen LogP contribution in [0.5, 0.6) is 11.5 Å². The molecule has 1 aliphatic carbocycles. The van der Waals surface area contributed by atoms with E-state index in [1.165, 1.54) is 18.4 Å². The first-order chi connectivity index (χ1) is 13.0. The first-order valence-corrected chi connectivity index (χ1v) is 9.77. The molecule has 0 aliphatic heterocycles. The van der Waals surface area contributed by atoms with E-state index in [0.717, 1.165) is 36.1 Å². The Balaban J connectivity index is 1.93. The largest absolute Gasteiger partial charge is 0.497 e. The molecule has 3 N–H and O–H groups in total. The number of amides is 2. The van der Waals surface area contributed by atoms with Crippen molar-refractivity contribution in [2.24, 2.45) is 11.7 Å². The first-order valence-electron chi connectivity index (χ1n) is 8.96. The molecule has 6 nitrogen and oxygen atoms in total. The second-order valence-corrected chi connectivity index (χ2v) is 7.71. The van der Waals surface area contributed by atoms with Gasteiger partial charge in [0.25, 0.3) is 11.8 Å². The lowest BCUT2D eigenvalue weighted by molar-refractivity contribution is 0.1000. The van der Waals surface area contributed by atoms with Crippen molar-refractivity contribution in [3.63, 3.8) is 0 Å². The zero-order valence-corrected chi connectivity index (χ0v) is 16.6. The Bertz CT molecular complexity index is 875. The maximum atomic E-state index is 12.8. The van der Waals surface area contributed by atoms with Gasteiger partial charge in [-0.2, -0.15) is 0 Å². The maximum absolute atomic E-state index is 12.8. The van der Waals surface area contributed by atoms with Crippen molar-refractivity contribution in [2.45, 2.75) is 32.6 Å². The summed E-state index contributed by atoms with van der Waals surface area (Å²) in [5.74, 6) is 0.766. The second kappa shape index (κ2) is 8.00. The molecule has 2 amide bonds. The fourth-order valence-corrected chi connectivity index (χ4v) is 4.87. The SMILES string of the molecule is CCC1CCc2c(sc(NC(=O)c3ccc(OC)cc3OC)c2C(N)=O)C1. The number of anilines is 1. The summed E-state index contributed by atoms with van der Waals surface area (Å²) in [6.07, 6.45) is 3.90. The van der Waals surface area contributed by atoms with Gasteiger partial charge in [-0.25, -0.2) is 0 Å². The summed E-state index contributed by atoms with van der Waals surface area (Å²) < 4.78 is 10.5. The summed E-state index contributed by atoms with van der Waals surface area (Å²) in [7, 11) is 3.04. The van der Waals surface area contributed by atoms with Crippen LogP contribution in [0, 0.1) is 5.92 Å². The summed E-state index contributed by atoms with van der Waals surface area (Å²) in [4.78, 5) is 26.0. The number of ether oxygens (including phenoxy) is 2. The average molecular weight is 388 g/mol. The van der Waals surface area contributed by atoms with Gasteiger partial charge in [0, 0.05) is 10.9 Å². The van der Waals surface area contributed by atoms with E-state index in [1.54, 1.807) is 25.3 Å². The number of benzene rings is 1. The van der Waals surface area contributed by atoms with Crippen molar-refractivity contribution in [2.75, 3.05) is 19.5 Å². The molecular weight excluding hydrogens is 364 g/mol. The van der Waals surface area contributed by atoms with Crippen molar-refractivity contribution in [1.82, 2.24) is 0 Å². The smallest absolute Gasteiger partial charge is 0.260 e. The highest BCUT2D eigenvalue weighted by Crippen LogP contribution is 2.40. The van der Waals surface area contributed by atoms with E-state index in [-0.39, 0.29) is 5.91 Å². The van der Waals surface area contributed by atoms with E-state index in [2.05, 4.69) is 12.2 Å². The lowest BCUT2D eigenvalue weighted by Crippen LogP contribution is -2.20. The third kappa shape index (κ3) is 3.78. The number of rotatable bonds is 6. The van der Waals surface area contributed by atoms with Crippen LogP contribution >= 0.6 is 11.3 Å². The molecule has 1 atom stereocenters. The van der Waals surface area contributed by atoms with Gasteiger partial charge in [-0.15, -0.1) is 11.3 Å². The Hall–Kier alpha value is -2.54. The maximum Gasteiger partial charge on any atom is 0.260 e. The average Bonchev–Trinajstić information content (AvgIpc) is 3.04. The van der Waals surface area contributed by atoms with Gasteiger partial charge >= 0.3 is 0 Å². The summed E-state index contributed by atoms with van der Waals surface area (Å²) in [6, 6.07) is 4.98. The second-order valence-electron chi connectivity index (χ2n) is 6.61. The van der Waals surface area contributed by atoms with Crippen LogP contribution in [-0.4, -0.2) is 26.0 Å². The Labute approximate surface area is 162 Å². The molecule has 0 saturated heterocycles. The van der Waals surface area contributed by atoms with Crippen molar-refractivity contribution in [3.05, 3.63) is 39.8 Å². The van der Waals surface area contributed by atoms with Crippen LogP contribution in [0.2, 0.25) is 0 Å². The molecule has 27 heavy (non-hydrogen) atoms. The topological polar surface area (TPSA) is 90.7 Å². The normalized spacial score (nSPS) is 15.7. The molecule has 144 valence electrons. The van der Waals surface area contributed by atoms with Crippen LogP contribution in [0.4, 0.5) is 5.00 Å². The minimum Gasteiger partial charge on any atom is -0.497 e. The van der Waals surface area contributed by atoms with E-state index in [9.17, 15) is 9.59 Å². The number of primary amides is 1. The van der Waals surface area contributed by atoms with Crippen LogP contribution in [0.3, 0.4) is 0 Å². The van der Waals surface area contributed by atoms with Gasteiger partial charge < -0.3 is 20.5 Å². The third-order valence-corrected chi connectivity index (χ3v) is 6.24. The molecule has 3 rings (SSSR count). The summed E-state index contributed by atoms with van der Waals surface area (Å²) in [5, 5.41) is 3.39. The zero-order chi connectivity index (χ0) is 19.6. The number of nitrogens with two attached hydrogens (primary N) is 1. The lowest BCUT2D eigenvalue weighted by Gasteiger charge is -2.20. The minimum atomic E-state index is -0.501. The number of thiophene rings is 1. The minimum absolute atomic E-state index is 0.345. The Kier molecular flexibility index (Phi) is 5.70. The molecule has 1 heterocycles. The molecule has 0 bridgehead atoms. The van der Waals surface area contributed by atoms with E-state index in [0.29, 0.717) is 33.5 Å². The van der Waals surface area contributed by atoms with E-state index in [1.807, 2.05) is 0 Å². The van der Waals surface area contributed by atoms with Crippen LogP contribution in [0.15, 0.2) is 18.2 Å². The fraction of sp³-hybridized carbons (Fsp3) is 0.400. The molecule has 2 aromatic rings. The molecule has 1 aromatic carbocycles. The summed E-state index contributed by atoms with van der Waals surface area (Å²) in [5.41, 5.74) is 7.45. The highest BCUT2D eigenvalue weighted by molar-refractivity contribution is 7.17. The van der Waals surface area contributed by atoms with Gasteiger partial charge in [0.05, 0.1) is 25.3 Å². The van der Waals surface area contributed by atoms with Crippen molar-refractivity contribution >= 4 is 28.2 Å². The van der Waals surface area contributed by atoms with Gasteiger partial charge in [-0.3, -0.25) is 9.59 Å². The van der Waals surface area contributed by atoms with Gasteiger partial charge in [0.15, 0.2) is 0 Å². The Morgan fingerprint density at radius 2 is 2.07 bits per heavy atom. The van der Waals surface area contributed by atoms with Crippen LogP contribution < -0.4 is 20.5 Å². The van der Waals surface area contributed by atoms with Crippen LogP contribution in [0.25, 0.3) is 0 Å². The van der Waals surface area contributed by atoms with Crippen molar-refractivity contribution in [1.29, 1.82) is 0 Å². The quantitative estimate of drug-likeness (QED) is 0.791. The van der Waals surface area contributed by atoms with E-state index >= 15 is 0 Å². The van der Waals surface area contributed by atoms with E-state index < -0.39 is 5.91 Å². The molecule has 0 spiro atoms. The number of fused-ring (bicyclic) bond motifs is 1. The number of carbonyl (C=O) groups excluding carboxylic acids is 2. The predicted octanol–water partition coefficient (Wildman–Crippen LogP) is 3.63. The molecule has 7 heteroatoms. The fourth-order valence-electron chi connectivity index (χ4n) is 3.51. The lowest BCUT2D eigenvalue weighted by atomic mass is 9.85. The molecule has 0 fully saturated rings. The first kappa shape index (κ1) is 19.2. The zero-order valence-electron chi connectivity index (χ0n) is 15.8. The Morgan fingerprint density at radius 3 is 2.70 bits per heavy atom. The van der Waals surface area contributed by atoms with E-state index in [4.69, 9.17) is 15.2 Å². The number of hydrogen-bond acceptors (Lipinski definition) is 5. The van der Waals surface area contributed by atoms with Gasteiger partial charge in [0.2, 0.25) is 0 Å². The van der Waals surface area contributed by atoms with Crippen LogP contribution in [0.1, 0.15) is 50.9 Å². The molecular formula is C20H24N2O4S. The van der Waals surface area contributed by atoms with Crippen LogP contribution in [-0.2, 0) is 12.8 Å². The molecule has 0 saturated carbocycles. The molecule has 1 aliphatic rings. The van der Waals surface area contributed by atoms with Gasteiger partial charge in [-0.05, 0) is 42.9 Å². The van der Waals surface area contributed by atoms with Crippen molar-refractivity contribution in [3.8, 4) is 11.5 Å². The third-order valence-electron chi connectivity index (χ3n) is 5.07. The molecule has 1 aromatic heterocycles.